The van der Waals surface area contributed by atoms with Gasteiger partial charge < -0.3 is 47.4 Å². The molecule has 2 aromatic carbocycles. The standard InChI is InChI=1S/C23H28NO4.HI/c1-4-8-24-9-7-16-11-21-22(28-14-27-21)12-17(16)19(24)10-15-5-6-20(25-2)23(26-3)18(15)13-24;/h5-6,11-12,19H,4,7-10,13-14H2,1-3H3;1H/q+1;/p-1. The Morgan fingerprint density at radius 2 is 1.86 bits per heavy atom. The smallest absolute Gasteiger partial charge is 0.231 e. The second-order valence-electron chi connectivity index (χ2n) is 8.14. The van der Waals surface area contributed by atoms with Crippen LogP contribution in [0.15, 0.2) is 24.3 Å². The summed E-state index contributed by atoms with van der Waals surface area (Å²) in [7, 11) is 3.46. The number of hydrogen-bond acceptors (Lipinski definition) is 4. The van der Waals surface area contributed by atoms with Crippen molar-refractivity contribution in [3.63, 3.8) is 0 Å². The summed E-state index contributed by atoms with van der Waals surface area (Å²) in [5, 5.41) is 0. The predicted molar refractivity (Wildman–Crippen MR) is 106 cm³/mol. The number of benzene rings is 2. The Hall–Kier alpha value is -1.67. The van der Waals surface area contributed by atoms with Gasteiger partial charge in [0.15, 0.2) is 23.0 Å². The number of nitrogens with zero attached hydrogens (tertiary/aromatic N) is 1. The molecule has 0 aromatic heterocycles. The van der Waals surface area contributed by atoms with Crippen molar-refractivity contribution >= 4 is 0 Å². The van der Waals surface area contributed by atoms with E-state index in [4.69, 9.17) is 18.9 Å². The monoisotopic (exact) mass is 509 g/mol. The quantitative estimate of drug-likeness (QED) is 0.456. The molecule has 0 spiro atoms. The molecular weight excluding hydrogens is 481 g/mol. The van der Waals surface area contributed by atoms with Gasteiger partial charge in [-0.1, -0.05) is 13.0 Å². The minimum absolute atomic E-state index is 0. The normalized spacial score (nSPS) is 23.3. The Morgan fingerprint density at radius 1 is 1.07 bits per heavy atom. The number of methoxy groups -OCH3 is 2. The van der Waals surface area contributed by atoms with Crippen molar-refractivity contribution in [2.75, 3.05) is 34.1 Å². The maximum atomic E-state index is 5.80. The topological polar surface area (TPSA) is 36.9 Å². The van der Waals surface area contributed by atoms with Crippen LogP contribution in [0.25, 0.3) is 0 Å². The molecule has 2 atom stereocenters. The number of hydrogen-bond donors (Lipinski definition) is 0. The van der Waals surface area contributed by atoms with Gasteiger partial charge in [-0.05, 0) is 35.7 Å². The molecule has 0 aliphatic carbocycles. The third kappa shape index (κ3) is 3.15. The highest BCUT2D eigenvalue weighted by atomic mass is 127. The molecule has 3 aliphatic heterocycles. The van der Waals surface area contributed by atoms with Crippen molar-refractivity contribution in [1.29, 1.82) is 0 Å². The molecular formula is C23H28INO4. The van der Waals surface area contributed by atoms with Gasteiger partial charge in [-0.15, -0.1) is 0 Å². The van der Waals surface area contributed by atoms with Gasteiger partial charge >= 0.3 is 0 Å². The van der Waals surface area contributed by atoms with Crippen LogP contribution in [-0.2, 0) is 19.4 Å². The lowest BCUT2D eigenvalue weighted by atomic mass is 9.80. The fourth-order valence-electron chi connectivity index (χ4n) is 5.52. The average Bonchev–Trinajstić information content (AvgIpc) is 3.17. The van der Waals surface area contributed by atoms with Crippen LogP contribution >= 0.6 is 0 Å². The molecule has 3 aliphatic rings. The van der Waals surface area contributed by atoms with Gasteiger partial charge in [-0.3, -0.25) is 0 Å². The van der Waals surface area contributed by atoms with E-state index in [1.165, 1.54) is 28.8 Å². The summed E-state index contributed by atoms with van der Waals surface area (Å²) in [5.41, 5.74) is 5.54. The van der Waals surface area contributed by atoms with Crippen molar-refractivity contribution in [2.45, 2.75) is 38.8 Å². The number of halogens is 1. The van der Waals surface area contributed by atoms with Gasteiger partial charge in [0, 0.05) is 18.4 Å². The van der Waals surface area contributed by atoms with Gasteiger partial charge in [0.05, 0.1) is 32.9 Å². The van der Waals surface area contributed by atoms with Crippen molar-refractivity contribution < 1.29 is 47.4 Å². The van der Waals surface area contributed by atoms with Gasteiger partial charge in [0.25, 0.3) is 0 Å². The van der Waals surface area contributed by atoms with E-state index < -0.39 is 0 Å². The molecule has 29 heavy (non-hydrogen) atoms. The van der Waals surface area contributed by atoms with Crippen molar-refractivity contribution in [3.05, 3.63) is 46.5 Å². The molecule has 6 heteroatoms. The van der Waals surface area contributed by atoms with E-state index in [0.717, 1.165) is 59.8 Å². The molecule has 0 saturated heterocycles. The first-order valence-corrected chi connectivity index (χ1v) is 10.2. The molecule has 0 fully saturated rings. The first-order chi connectivity index (χ1) is 13.7. The maximum Gasteiger partial charge on any atom is 0.231 e. The third-order valence-corrected chi connectivity index (χ3v) is 6.78. The Balaban J connectivity index is 0.00000205. The second kappa shape index (κ2) is 7.87. The summed E-state index contributed by atoms with van der Waals surface area (Å²) in [4.78, 5) is 0. The summed E-state index contributed by atoms with van der Waals surface area (Å²) >= 11 is 0. The average molecular weight is 509 g/mol. The summed E-state index contributed by atoms with van der Waals surface area (Å²) in [6, 6.07) is 9.17. The van der Waals surface area contributed by atoms with Crippen LogP contribution in [0.3, 0.4) is 0 Å². The van der Waals surface area contributed by atoms with Crippen LogP contribution < -0.4 is 42.9 Å². The van der Waals surface area contributed by atoms with Crippen LogP contribution in [0.4, 0.5) is 0 Å². The Kier molecular flexibility index (Phi) is 5.59. The Labute approximate surface area is 189 Å². The highest BCUT2D eigenvalue weighted by Gasteiger charge is 2.47. The minimum Gasteiger partial charge on any atom is -1.00 e. The van der Waals surface area contributed by atoms with Crippen LogP contribution in [0.1, 0.15) is 41.6 Å². The number of ether oxygens (including phenoxy) is 4. The van der Waals surface area contributed by atoms with Gasteiger partial charge in [-0.2, -0.15) is 0 Å². The minimum atomic E-state index is 0. The van der Waals surface area contributed by atoms with Gasteiger partial charge in [0.1, 0.15) is 12.6 Å². The SMILES string of the molecule is CCC[N+]12CCc3cc4c(cc3C1Cc1ccc(OC)c(OC)c1C2)OCO4.[I-]. The Bertz CT molecular complexity index is 932. The van der Waals surface area contributed by atoms with Crippen LogP contribution in [0, 0.1) is 0 Å². The van der Waals surface area contributed by atoms with E-state index in [9.17, 15) is 0 Å². The molecule has 0 N–H and O–H groups in total. The van der Waals surface area contributed by atoms with E-state index in [2.05, 4.69) is 25.1 Å². The molecule has 0 amide bonds. The first kappa shape index (κ1) is 20.6. The van der Waals surface area contributed by atoms with Crippen LogP contribution in [0.2, 0.25) is 0 Å². The fourth-order valence-corrected chi connectivity index (χ4v) is 5.52. The van der Waals surface area contributed by atoms with Crippen molar-refractivity contribution in [1.82, 2.24) is 0 Å². The van der Waals surface area contributed by atoms with E-state index in [1.54, 1.807) is 14.2 Å². The van der Waals surface area contributed by atoms with Gasteiger partial charge in [0.2, 0.25) is 6.79 Å². The highest BCUT2D eigenvalue weighted by molar-refractivity contribution is 5.54. The third-order valence-electron chi connectivity index (χ3n) is 6.78. The van der Waals surface area contributed by atoms with E-state index in [0.29, 0.717) is 12.8 Å². The van der Waals surface area contributed by atoms with Crippen LogP contribution in [-0.4, -0.2) is 38.6 Å². The highest BCUT2D eigenvalue weighted by Crippen LogP contribution is 2.50. The largest absolute Gasteiger partial charge is 1.00 e. The molecule has 0 radical (unpaired) electrons. The van der Waals surface area contributed by atoms with Crippen molar-refractivity contribution in [3.8, 4) is 23.0 Å². The second-order valence-corrected chi connectivity index (χ2v) is 8.14. The molecule has 5 nitrogen and oxygen atoms in total. The summed E-state index contributed by atoms with van der Waals surface area (Å²) in [5.74, 6) is 3.53. The molecule has 3 heterocycles. The van der Waals surface area contributed by atoms with E-state index in [1.807, 2.05) is 6.07 Å². The lowest BCUT2D eigenvalue weighted by Gasteiger charge is -2.51. The molecule has 156 valence electrons. The summed E-state index contributed by atoms with van der Waals surface area (Å²) < 4.78 is 23.8. The Morgan fingerprint density at radius 3 is 2.59 bits per heavy atom. The number of quaternary nitrogens is 1. The maximum absolute atomic E-state index is 5.80. The lowest BCUT2D eigenvalue weighted by Crippen LogP contribution is -3.00. The molecule has 2 aromatic rings. The first-order valence-electron chi connectivity index (χ1n) is 10.2. The molecule has 2 unspecified atom stereocenters. The summed E-state index contributed by atoms with van der Waals surface area (Å²) in [6.45, 7) is 5.92. The lowest BCUT2D eigenvalue weighted by molar-refractivity contribution is -0.973. The van der Waals surface area contributed by atoms with E-state index >= 15 is 0 Å². The predicted octanol–water partition coefficient (Wildman–Crippen LogP) is 1.02. The zero-order valence-electron chi connectivity index (χ0n) is 17.3. The van der Waals surface area contributed by atoms with Gasteiger partial charge in [-0.25, -0.2) is 0 Å². The zero-order valence-corrected chi connectivity index (χ0v) is 19.5. The van der Waals surface area contributed by atoms with Crippen LogP contribution in [0.5, 0.6) is 23.0 Å². The number of fused-ring (bicyclic) bond motifs is 5. The molecule has 0 bridgehead atoms. The summed E-state index contributed by atoms with van der Waals surface area (Å²) in [6.07, 6.45) is 3.25. The molecule has 5 rings (SSSR count). The van der Waals surface area contributed by atoms with E-state index in [-0.39, 0.29) is 24.0 Å². The fraction of sp³-hybridized carbons (Fsp3) is 0.478. The number of rotatable bonds is 4. The zero-order chi connectivity index (χ0) is 19.3. The van der Waals surface area contributed by atoms with Crippen molar-refractivity contribution in [2.24, 2.45) is 0 Å². The molecule has 0 saturated carbocycles.